The molecule has 3 heteroatoms. The highest BCUT2D eigenvalue weighted by atomic mass is 15.1. The lowest BCUT2D eigenvalue weighted by Gasteiger charge is -2.18. The largest absolute Gasteiger partial charge is 0.309 e. The Kier molecular flexibility index (Phi) is 6.80. The second-order valence-corrected chi connectivity index (χ2v) is 5.69. The summed E-state index contributed by atoms with van der Waals surface area (Å²) in [6.07, 6.45) is 0. The van der Waals surface area contributed by atoms with E-state index < -0.39 is 0 Å². The van der Waals surface area contributed by atoms with E-state index >= 15 is 0 Å². The smallest absolute Gasteiger partial charge is 0.0991 e. The van der Waals surface area contributed by atoms with Gasteiger partial charge in [-0.05, 0) is 41.9 Å². The second kappa shape index (κ2) is 9.09. The Bertz CT molecular complexity index is 637. The molecule has 23 heavy (non-hydrogen) atoms. The van der Waals surface area contributed by atoms with E-state index in [1.165, 1.54) is 16.7 Å². The van der Waals surface area contributed by atoms with Crippen molar-refractivity contribution in [2.75, 3.05) is 13.1 Å². The summed E-state index contributed by atoms with van der Waals surface area (Å²) in [5, 5.41) is 12.3. The third-order valence-electron chi connectivity index (χ3n) is 4.03. The molecule has 0 fully saturated rings. The lowest BCUT2D eigenvalue weighted by atomic mass is 10.1. The van der Waals surface area contributed by atoms with Crippen LogP contribution < -0.4 is 5.32 Å². The fraction of sp³-hybridized carbons (Fsp3) is 0.350. The maximum Gasteiger partial charge on any atom is 0.0991 e. The first-order valence-electron chi connectivity index (χ1n) is 8.25. The van der Waals surface area contributed by atoms with Crippen molar-refractivity contribution in [3.63, 3.8) is 0 Å². The number of hydrogen-bond donors (Lipinski definition) is 1. The lowest BCUT2D eigenvalue weighted by Crippen LogP contribution is -2.22. The van der Waals surface area contributed by atoms with Crippen LogP contribution in [0.2, 0.25) is 0 Å². The Balaban J connectivity index is 1.86. The van der Waals surface area contributed by atoms with E-state index in [0.717, 1.165) is 32.7 Å². The van der Waals surface area contributed by atoms with Crippen LogP contribution in [0.3, 0.4) is 0 Å². The number of hydrogen-bond acceptors (Lipinski definition) is 3. The molecule has 0 saturated carbocycles. The Morgan fingerprint density at radius 2 is 1.57 bits per heavy atom. The number of rotatable bonds is 8. The van der Waals surface area contributed by atoms with Gasteiger partial charge in [-0.15, -0.1) is 0 Å². The van der Waals surface area contributed by atoms with Crippen LogP contribution >= 0.6 is 0 Å². The normalized spacial score (nSPS) is 10.7. The molecule has 0 aliphatic carbocycles. The molecule has 1 N–H and O–H groups in total. The van der Waals surface area contributed by atoms with Crippen LogP contribution in [0.1, 0.15) is 36.1 Å². The van der Waals surface area contributed by atoms with Gasteiger partial charge in [-0.1, -0.05) is 50.2 Å². The minimum absolute atomic E-state index is 0.706. The molecule has 0 amide bonds. The molecule has 0 radical (unpaired) electrons. The van der Waals surface area contributed by atoms with Gasteiger partial charge in [0, 0.05) is 19.6 Å². The summed E-state index contributed by atoms with van der Waals surface area (Å²) in [7, 11) is 0. The van der Waals surface area contributed by atoms with E-state index in [1.54, 1.807) is 0 Å². The molecule has 0 aliphatic rings. The molecular formula is C20H25N3. The quantitative estimate of drug-likeness (QED) is 0.808. The fourth-order valence-corrected chi connectivity index (χ4v) is 2.59. The van der Waals surface area contributed by atoms with Crippen LogP contribution in [-0.4, -0.2) is 18.0 Å². The maximum absolute atomic E-state index is 8.81. The van der Waals surface area contributed by atoms with Gasteiger partial charge in [0.2, 0.25) is 0 Å². The third-order valence-corrected chi connectivity index (χ3v) is 4.03. The summed E-state index contributed by atoms with van der Waals surface area (Å²) in [5.74, 6) is 0. The SMILES string of the molecule is CCN(CC)Cc1cccc(CNCc2ccc(C#N)cc2)c1. The molecule has 0 aliphatic heterocycles. The van der Waals surface area contributed by atoms with Crippen LogP contribution in [0.4, 0.5) is 0 Å². The van der Waals surface area contributed by atoms with Crippen LogP contribution in [-0.2, 0) is 19.6 Å². The molecule has 2 rings (SSSR count). The van der Waals surface area contributed by atoms with E-state index in [2.05, 4.69) is 54.4 Å². The predicted molar refractivity (Wildman–Crippen MR) is 94.8 cm³/mol. The molecule has 120 valence electrons. The Hall–Kier alpha value is -2.15. The molecule has 0 saturated heterocycles. The standard InChI is InChI=1S/C20H25N3/c1-3-23(4-2)16-20-7-5-6-19(12-20)15-22-14-18-10-8-17(13-21)9-11-18/h5-12,22H,3-4,14-16H2,1-2H3. The highest BCUT2D eigenvalue weighted by Crippen LogP contribution is 2.09. The first-order valence-corrected chi connectivity index (χ1v) is 8.25. The van der Waals surface area contributed by atoms with Crippen molar-refractivity contribution in [3.05, 3.63) is 70.8 Å². The van der Waals surface area contributed by atoms with Gasteiger partial charge in [0.15, 0.2) is 0 Å². The molecule has 2 aromatic carbocycles. The van der Waals surface area contributed by atoms with Gasteiger partial charge < -0.3 is 5.32 Å². The molecule has 3 nitrogen and oxygen atoms in total. The molecule has 0 atom stereocenters. The molecule has 0 unspecified atom stereocenters. The van der Waals surface area contributed by atoms with E-state index in [9.17, 15) is 0 Å². The van der Waals surface area contributed by atoms with E-state index in [4.69, 9.17) is 5.26 Å². The summed E-state index contributed by atoms with van der Waals surface area (Å²) in [4.78, 5) is 2.42. The van der Waals surface area contributed by atoms with Crippen molar-refractivity contribution in [3.8, 4) is 6.07 Å². The zero-order valence-corrected chi connectivity index (χ0v) is 14.0. The maximum atomic E-state index is 8.81. The second-order valence-electron chi connectivity index (χ2n) is 5.69. The number of nitrogens with one attached hydrogen (secondary N) is 1. The molecule has 0 heterocycles. The van der Waals surface area contributed by atoms with Crippen LogP contribution in [0.5, 0.6) is 0 Å². The van der Waals surface area contributed by atoms with Crippen molar-refractivity contribution in [1.82, 2.24) is 10.2 Å². The zero-order chi connectivity index (χ0) is 16.5. The van der Waals surface area contributed by atoms with Crippen molar-refractivity contribution < 1.29 is 0 Å². The Labute approximate surface area is 139 Å². The highest BCUT2D eigenvalue weighted by Gasteiger charge is 2.02. The molecule has 0 spiro atoms. The van der Waals surface area contributed by atoms with Crippen molar-refractivity contribution in [2.45, 2.75) is 33.5 Å². The average Bonchev–Trinajstić information content (AvgIpc) is 2.60. The highest BCUT2D eigenvalue weighted by molar-refractivity contribution is 5.31. The zero-order valence-electron chi connectivity index (χ0n) is 14.0. The monoisotopic (exact) mass is 307 g/mol. The Morgan fingerprint density at radius 3 is 2.22 bits per heavy atom. The van der Waals surface area contributed by atoms with E-state index in [1.807, 2.05) is 24.3 Å². The van der Waals surface area contributed by atoms with Gasteiger partial charge in [-0.3, -0.25) is 4.90 Å². The predicted octanol–water partition coefficient (Wildman–Crippen LogP) is 3.69. The topological polar surface area (TPSA) is 39.1 Å². The van der Waals surface area contributed by atoms with Gasteiger partial charge in [0.05, 0.1) is 11.6 Å². The summed E-state index contributed by atoms with van der Waals surface area (Å²) >= 11 is 0. The van der Waals surface area contributed by atoms with Gasteiger partial charge in [-0.2, -0.15) is 5.26 Å². The minimum atomic E-state index is 0.706. The molecule has 0 aromatic heterocycles. The van der Waals surface area contributed by atoms with Gasteiger partial charge >= 0.3 is 0 Å². The number of benzene rings is 2. The Morgan fingerprint density at radius 1 is 0.913 bits per heavy atom. The van der Waals surface area contributed by atoms with Gasteiger partial charge in [0.25, 0.3) is 0 Å². The van der Waals surface area contributed by atoms with Gasteiger partial charge in [0.1, 0.15) is 0 Å². The minimum Gasteiger partial charge on any atom is -0.309 e. The molecular weight excluding hydrogens is 282 g/mol. The van der Waals surface area contributed by atoms with Crippen molar-refractivity contribution in [1.29, 1.82) is 5.26 Å². The van der Waals surface area contributed by atoms with Crippen molar-refractivity contribution in [2.24, 2.45) is 0 Å². The van der Waals surface area contributed by atoms with E-state index in [0.29, 0.717) is 5.56 Å². The van der Waals surface area contributed by atoms with Gasteiger partial charge in [-0.25, -0.2) is 0 Å². The third kappa shape index (κ3) is 5.52. The van der Waals surface area contributed by atoms with Crippen LogP contribution in [0.15, 0.2) is 48.5 Å². The molecule has 2 aromatic rings. The summed E-state index contributed by atoms with van der Waals surface area (Å²) in [6.45, 7) is 9.24. The van der Waals surface area contributed by atoms with Crippen molar-refractivity contribution >= 4 is 0 Å². The average molecular weight is 307 g/mol. The summed E-state index contributed by atoms with van der Waals surface area (Å²) in [5.41, 5.74) is 4.58. The van der Waals surface area contributed by atoms with Crippen LogP contribution in [0.25, 0.3) is 0 Å². The lowest BCUT2D eigenvalue weighted by molar-refractivity contribution is 0.296. The van der Waals surface area contributed by atoms with E-state index in [-0.39, 0.29) is 0 Å². The fourth-order valence-electron chi connectivity index (χ4n) is 2.59. The first kappa shape index (κ1) is 17.2. The summed E-state index contributed by atoms with van der Waals surface area (Å²) < 4.78 is 0. The first-order chi connectivity index (χ1) is 11.2. The summed E-state index contributed by atoms with van der Waals surface area (Å²) in [6, 6.07) is 18.7. The number of nitriles is 1. The molecule has 0 bridgehead atoms. The number of nitrogens with zero attached hydrogens (tertiary/aromatic N) is 2. The van der Waals surface area contributed by atoms with Crippen LogP contribution in [0, 0.1) is 11.3 Å².